The first kappa shape index (κ1) is 17.5. The van der Waals surface area contributed by atoms with E-state index in [0.717, 1.165) is 16.8 Å². The molecule has 1 amide bonds. The lowest BCUT2D eigenvalue weighted by Crippen LogP contribution is -2.43. The van der Waals surface area contributed by atoms with Crippen LogP contribution in [0, 0.1) is 0 Å². The predicted molar refractivity (Wildman–Crippen MR) is 101 cm³/mol. The predicted octanol–water partition coefficient (Wildman–Crippen LogP) is 2.29. The van der Waals surface area contributed by atoms with Gasteiger partial charge in [0.25, 0.3) is 5.91 Å². The Kier molecular flexibility index (Phi) is 4.81. The van der Waals surface area contributed by atoms with Gasteiger partial charge in [0.05, 0.1) is 11.5 Å². The number of amides is 1. The van der Waals surface area contributed by atoms with Crippen molar-refractivity contribution in [2.45, 2.75) is 0 Å². The number of carbonyl (C=O) groups excluding carboxylic acids is 1. The molecule has 0 unspecified atom stereocenters. The Balaban J connectivity index is 1.76. The Labute approximate surface area is 148 Å². The van der Waals surface area contributed by atoms with E-state index in [0.29, 0.717) is 5.56 Å². The fourth-order valence-corrected chi connectivity index (χ4v) is 4.07. The first-order chi connectivity index (χ1) is 11.9. The van der Waals surface area contributed by atoms with E-state index in [9.17, 15) is 13.2 Å². The third-order valence-electron chi connectivity index (χ3n) is 4.46. The first-order valence-electron chi connectivity index (χ1n) is 8.23. The molecule has 0 aliphatic carbocycles. The summed E-state index contributed by atoms with van der Waals surface area (Å²) in [6.45, 7) is 0.543. The van der Waals surface area contributed by atoms with Gasteiger partial charge >= 0.3 is 0 Å². The van der Waals surface area contributed by atoms with Crippen molar-refractivity contribution in [3.63, 3.8) is 0 Å². The van der Waals surface area contributed by atoms with Crippen LogP contribution in [0.4, 0.5) is 5.69 Å². The summed E-state index contributed by atoms with van der Waals surface area (Å²) in [5.74, 6) is -0.00837. The minimum atomic E-state index is -2.98. The van der Waals surface area contributed by atoms with Gasteiger partial charge in [0.2, 0.25) is 0 Å². The van der Waals surface area contributed by atoms with Gasteiger partial charge in [0, 0.05) is 38.4 Å². The second kappa shape index (κ2) is 6.88. The molecule has 0 aromatic heterocycles. The quantitative estimate of drug-likeness (QED) is 0.845. The van der Waals surface area contributed by atoms with E-state index in [1.54, 1.807) is 4.90 Å². The molecule has 0 N–H and O–H groups in total. The molecular weight excluding hydrogens is 336 g/mol. The van der Waals surface area contributed by atoms with Crippen molar-refractivity contribution in [3.05, 3.63) is 54.1 Å². The molecule has 1 aliphatic heterocycles. The van der Waals surface area contributed by atoms with Crippen molar-refractivity contribution in [2.24, 2.45) is 0 Å². The summed E-state index contributed by atoms with van der Waals surface area (Å²) in [5, 5.41) is 0. The Morgan fingerprint density at radius 3 is 2.20 bits per heavy atom. The zero-order valence-electron chi connectivity index (χ0n) is 14.5. The minimum absolute atomic E-state index is 0.0498. The average molecular weight is 358 g/mol. The van der Waals surface area contributed by atoms with E-state index in [2.05, 4.69) is 6.07 Å². The number of rotatable bonds is 3. The molecule has 0 atom stereocenters. The highest BCUT2D eigenvalue weighted by Crippen LogP contribution is 2.24. The van der Waals surface area contributed by atoms with E-state index in [1.807, 2.05) is 61.5 Å². The van der Waals surface area contributed by atoms with E-state index in [1.165, 1.54) is 0 Å². The summed E-state index contributed by atoms with van der Waals surface area (Å²) < 4.78 is 23.0. The van der Waals surface area contributed by atoms with Crippen LogP contribution in [0.2, 0.25) is 0 Å². The molecule has 25 heavy (non-hydrogen) atoms. The average Bonchev–Trinajstić information content (AvgIpc) is 2.61. The van der Waals surface area contributed by atoms with Crippen molar-refractivity contribution in [1.82, 2.24) is 4.90 Å². The van der Waals surface area contributed by atoms with Crippen molar-refractivity contribution in [3.8, 4) is 11.1 Å². The lowest BCUT2D eigenvalue weighted by molar-refractivity contribution is 0.0770. The molecule has 0 bridgehead atoms. The third kappa shape index (κ3) is 4.02. The molecule has 1 aliphatic rings. The molecule has 1 saturated heterocycles. The van der Waals surface area contributed by atoms with Gasteiger partial charge in [-0.3, -0.25) is 4.79 Å². The molecular formula is C19H22N2O3S. The molecule has 1 fully saturated rings. The summed E-state index contributed by atoms with van der Waals surface area (Å²) >= 11 is 0. The number of hydrogen-bond acceptors (Lipinski definition) is 4. The Hall–Kier alpha value is -2.34. The van der Waals surface area contributed by atoms with Gasteiger partial charge in [-0.15, -0.1) is 0 Å². The molecule has 5 nitrogen and oxygen atoms in total. The summed E-state index contributed by atoms with van der Waals surface area (Å²) in [4.78, 5) is 16.2. The van der Waals surface area contributed by atoms with Crippen LogP contribution in [0.15, 0.2) is 48.5 Å². The molecule has 0 radical (unpaired) electrons. The lowest BCUT2D eigenvalue weighted by Gasteiger charge is -2.26. The van der Waals surface area contributed by atoms with Gasteiger partial charge in [-0.1, -0.05) is 24.3 Å². The molecule has 2 aromatic rings. The molecule has 2 aromatic carbocycles. The van der Waals surface area contributed by atoms with Gasteiger partial charge in [-0.25, -0.2) is 8.42 Å². The Morgan fingerprint density at radius 1 is 0.960 bits per heavy atom. The van der Waals surface area contributed by atoms with Crippen molar-refractivity contribution in [2.75, 3.05) is 43.6 Å². The fraction of sp³-hybridized carbons (Fsp3) is 0.316. The van der Waals surface area contributed by atoms with Gasteiger partial charge in [-0.2, -0.15) is 0 Å². The molecule has 1 heterocycles. The highest BCUT2D eigenvalue weighted by atomic mass is 32.2. The Morgan fingerprint density at radius 2 is 1.60 bits per heavy atom. The highest BCUT2D eigenvalue weighted by Gasteiger charge is 2.25. The number of sulfone groups is 1. The molecule has 6 heteroatoms. The largest absolute Gasteiger partial charge is 0.378 e. The van der Waals surface area contributed by atoms with Gasteiger partial charge in [-0.05, 0) is 35.4 Å². The topological polar surface area (TPSA) is 57.7 Å². The maximum Gasteiger partial charge on any atom is 0.253 e. The number of anilines is 1. The summed E-state index contributed by atoms with van der Waals surface area (Å²) in [7, 11) is 1.02. The molecule has 0 saturated carbocycles. The second-order valence-electron chi connectivity index (χ2n) is 6.47. The number of nitrogens with zero attached hydrogens (tertiary/aromatic N) is 2. The summed E-state index contributed by atoms with van der Waals surface area (Å²) in [6, 6.07) is 15.7. The highest BCUT2D eigenvalue weighted by molar-refractivity contribution is 7.91. The molecule has 0 spiro atoms. The van der Waals surface area contributed by atoms with Crippen molar-refractivity contribution in [1.29, 1.82) is 0 Å². The minimum Gasteiger partial charge on any atom is -0.378 e. The smallest absolute Gasteiger partial charge is 0.253 e. The number of hydrogen-bond donors (Lipinski definition) is 0. The van der Waals surface area contributed by atoms with Crippen LogP contribution in [-0.2, 0) is 9.84 Å². The third-order valence-corrected chi connectivity index (χ3v) is 6.07. The van der Waals surface area contributed by atoms with Crippen LogP contribution in [-0.4, -0.2) is 57.9 Å². The van der Waals surface area contributed by atoms with Crippen LogP contribution in [0.3, 0.4) is 0 Å². The van der Waals surface area contributed by atoms with Crippen molar-refractivity contribution >= 4 is 21.4 Å². The number of carbonyl (C=O) groups is 1. The van der Waals surface area contributed by atoms with Crippen LogP contribution in [0.1, 0.15) is 10.4 Å². The maximum absolute atomic E-state index is 12.5. The molecule has 3 rings (SSSR count). The van der Waals surface area contributed by atoms with Gasteiger partial charge in [0.1, 0.15) is 0 Å². The normalized spacial score (nSPS) is 16.5. The summed E-state index contributed by atoms with van der Waals surface area (Å²) in [5.41, 5.74) is 3.84. The zero-order chi connectivity index (χ0) is 18.0. The fourth-order valence-electron chi connectivity index (χ4n) is 2.87. The van der Waals surface area contributed by atoms with Crippen molar-refractivity contribution < 1.29 is 13.2 Å². The van der Waals surface area contributed by atoms with Crippen LogP contribution in [0.5, 0.6) is 0 Å². The van der Waals surface area contributed by atoms with E-state index in [4.69, 9.17) is 0 Å². The van der Waals surface area contributed by atoms with E-state index >= 15 is 0 Å². The van der Waals surface area contributed by atoms with Crippen LogP contribution in [0.25, 0.3) is 11.1 Å². The van der Waals surface area contributed by atoms with Gasteiger partial charge < -0.3 is 9.80 Å². The first-order valence-corrected chi connectivity index (χ1v) is 10.1. The summed E-state index contributed by atoms with van der Waals surface area (Å²) in [6.07, 6.45) is 0. The van der Waals surface area contributed by atoms with Gasteiger partial charge in [0.15, 0.2) is 9.84 Å². The Bertz CT molecular complexity index is 860. The maximum atomic E-state index is 12.5. The van der Waals surface area contributed by atoms with E-state index in [-0.39, 0.29) is 30.5 Å². The van der Waals surface area contributed by atoms with E-state index < -0.39 is 9.84 Å². The van der Waals surface area contributed by atoms with Crippen LogP contribution >= 0.6 is 0 Å². The SMILES string of the molecule is CN(C)c1cccc(-c2ccc(C(=O)N3CCS(=O)(=O)CC3)cc2)c1. The number of benzene rings is 2. The monoisotopic (exact) mass is 358 g/mol. The standard InChI is InChI=1S/C19H22N2O3S/c1-20(2)18-5-3-4-17(14-18)15-6-8-16(9-7-15)19(22)21-10-12-25(23,24)13-11-21/h3-9,14H,10-13H2,1-2H3. The second-order valence-corrected chi connectivity index (χ2v) is 8.77. The van der Waals surface area contributed by atoms with Crippen LogP contribution < -0.4 is 4.90 Å². The molecule has 132 valence electrons. The zero-order valence-corrected chi connectivity index (χ0v) is 15.3. The lowest BCUT2D eigenvalue weighted by atomic mass is 10.0.